The van der Waals surface area contributed by atoms with Crippen molar-refractivity contribution < 1.29 is 19.0 Å². The highest BCUT2D eigenvalue weighted by molar-refractivity contribution is 6.09. The molecule has 0 fully saturated rings. The standard InChI is InChI=1S/C28H26N2O4/c1-3-9-22-10-7-8-13-25(22)33-16-17-34-26-15-14-21(19-27(26)32-2)18-23(20-29)28(31)30-24-11-5-4-6-12-24/h3-8,10-15,18-19H,1,9,16-17H2,2H3,(H,30,31). The van der Waals surface area contributed by atoms with Crippen molar-refractivity contribution in [2.24, 2.45) is 0 Å². The van der Waals surface area contributed by atoms with E-state index >= 15 is 0 Å². The van der Waals surface area contributed by atoms with E-state index in [1.165, 1.54) is 13.2 Å². The molecule has 1 amide bonds. The maximum Gasteiger partial charge on any atom is 0.266 e. The van der Waals surface area contributed by atoms with Crippen LogP contribution in [-0.4, -0.2) is 26.2 Å². The van der Waals surface area contributed by atoms with Crippen LogP contribution in [0.25, 0.3) is 6.08 Å². The Morgan fingerprint density at radius 3 is 2.38 bits per heavy atom. The summed E-state index contributed by atoms with van der Waals surface area (Å²) in [7, 11) is 1.53. The molecule has 0 aliphatic heterocycles. The zero-order chi connectivity index (χ0) is 24.2. The van der Waals surface area contributed by atoms with Gasteiger partial charge in [-0.2, -0.15) is 5.26 Å². The number of benzene rings is 3. The summed E-state index contributed by atoms with van der Waals surface area (Å²) < 4.78 is 17.1. The number of nitrogens with zero attached hydrogens (tertiary/aromatic N) is 1. The summed E-state index contributed by atoms with van der Waals surface area (Å²) in [6.45, 7) is 4.45. The highest BCUT2D eigenvalue weighted by Crippen LogP contribution is 2.29. The van der Waals surface area contributed by atoms with Crippen molar-refractivity contribution in [2.75, 3.05) is 25.6 Å². The van der Waals surface area contributed by atoms with Crippen molar-refractivity contribution in [1.29, 1.82) is 5.26 Å². The van der Waals surface area contributed by atoms with Gasteiger partial charge in [-0.3, -0.25) is 4.79 Å². The molecule has 0 saturated carbocycles. The van der Waals surface area contributed by atoms with Crippen LogP contribution in [0.4, 0.5) is 5.69 Å². The zero-order valence-corrected chi connectivity index (χ0v) is 19.0. The molecular weight excluding hydrogens is 428 g/mol. The fourth-order valence-electron chi connectivity index (χ4n) is 3.20. The van der Waals surface area contributed by atoms with Gasteiger partial charge in [-0.25, -0.2) is 0 Å². The molecule has 6 nitrogen and oxygen atoms in total. The number of para-hydroxylation sites is 2. The molecule has 6 heteroatoms. The Morgan fingerprint density at radius 2 is 1.68 bits per heavy atom. The predicted octanol–water partition coefficient (Wildman–Crippen LogP) is 5.43. The lowest BCUT2D eigenvalue weighted by molar-refractivity contribution is -0.112. The lowest BCUT2D eigenvalue weighted by Gasteiger charge is -2.13. The fraction of sp³-hybridized carbons (Fsp3) is 0.143. The van der Waals surface area contributed by atoms with Gasteiger partial charge >= 0.3 is 0 Å². The summed E-state index contributed by atoms with van der Waals surface area (Å²) in [6, 6.07) is 23.9. The van der Waals surface area contributed by atoms with E-state index in [2.05, 4.69) is 11.9 Å². The molecule has 1 N–H and O–H groups in total. The largest absolute Gasteiger partial charge is 0.493 e. The number of rotatable bonds is 11. The molecule has 0 bridgehead atoms. The Labute approximate surface area is 199 Å². The lowest BCUT2D eigenvalue weighted by Crippen LogP contribution is -2.13. The minimum absolute atomic E-state index is 0.0221. The number of anilines is 1. The van der Waals surface area contributed by atoms with E-state index in [0.29, 0.717) is 36.0 Å². The van der Waals surface area contributed by atoms with E-state index < -0.39 is 5.91 Å². The second kappa shape index (κ2) is 12.5. The molecule has 0 aliphatic rings. The number of ether oxygens (including phenoxy) is 3. The highest BCUT2D eigenvalue weighted by atomic mass is 16.5. The maximum absolute atomic E-state index is 12.4. The third kappa shape index (κ3) is 6.75. The highest BCUT2D eigenvalue weighted by Gasteiger charge is 2.11. The van der Waals surface area contributed by atoms with Crippen molar-refractivity contribution in [3.05, 3.63) is 102 Å². The molecule has 34 heavy (non-hydrogen) atoms. The van der Waals surface area contributed by atoms with Gasteiger partial charge in [0, 0.05) is 5.69 Å². The molecule has 0 radical (unpaired) electrons. The summed E-state index contributed by atoms with van der Waals surface area (Å²) in [5.74, 6) is 1.34. The first-order valence-corrected chi connectivity index (χ1v) is 10.7. The maximum atomic E-state index is 12.4. The summed E-state index contributed by atoms with van der Waals surface area (Å²) in [6.07, 6.45) is 4.07. The van der Waals surface area contributed by atoms with Crippen LogP contribution in [0.1, 0.15) is 11.1 Å². The van der Waals surface area contributed by atoms with Crippen molar-refractivity contribution in [2.45, 2.75) is 6.42 Å². The molecule has 0 saturated heterocycles. The number of carbonyl (C=O) groups is 1. The minimum atomic E-state index is -0.484. The first-order valence-electron chi connectivity index (χ1n) is 10.7. The second-order valence-electron chi connectivity index (χ2n) is 7.20. The molecule has 3 aromatic carbocycles. The molecule has 0 aliphatic carbocycles. The smallest absolute Gasteiger partial charge is 0.266 e. The minimum Gasteiger partial charge on any atom is -0.493 e. The summed E-state index contributed by atoms with van der Waals surface area (Å²) in [5, 5.41) is 12.2. The molecule has 3 rings (SSSR count). The third-order valence-electron chi connectivity index (χ3n) is 4.83. The van der Waals surface area contributed by atoms with Crippen LogP contribution in [-0.2, 0) is 11.2 Å². The van der Waals surface area contributed by atoms with E-state index in [-0.39, 0.29) is 5.57 Å². The van der Waals surface area contributed by atoms with Crippen LogP contribution < -0.4 is 19.5 Å². The second-order valence-corrected chi connectivity index (χ2v) is 7.20. The lowest BCUT2D eigenvalue weighted by atomic mass is 10.1. The van der Waals surface area contributed by atoms with Crippen LogP contribution in [0.2, 0.25) is 0 Å². The predicted molar refractivity (Wildman–Crippen MR) is 133 cm³/mol. The van der Waals surface area contributed by atoms with Gasteiger partial charge in [0.05, 0.1) is 7.11 Å². The fourth-order valence-corrected chi connectivity index (χ4v) is 3.20. The Hall–Kier alpha value is -4.50. The van der Waals surface area contributed by atoms with Crippen LogP contribution >= 0.6 is 0 Å². The molecule has 0 spiro atoms. The quantitative estimate of drug-likeness (QED) is 0.181. The molecular formula is C28H26N2O4. The van der Waals surface area contributed by atoms with Gasteiger partial charge in [0.25, 0.3) is 5.91 Å². The van der Waals surface area contributed by atoms with Crippen molar-refractivity contribution in [3.8, 4) is 23.3 Å². The first-order chi connectivity index (χ1) is 16.6. The van der Waals surface area contributed by atoms with E-state index in [9.17, 15) is 10.1 Å². The number of hydrogen-bond acceptors (Lipinski definition) is 5. The number of allylic oxidation sites excluding steroid dienone is 1. The van der Waals surface area contributed by atoms with Gasteiger partial charge in [0.2, 0.25) is 0 Å². The number of nitrogens with one attached hydrogen (secondary N) is 1. The average Bonchev–Trinajstić information content (AvgIpc) is 2.87. The number of carbonyl (C=O) groups excluding carboxylic acids is 1. The first kappa shape index (κ1) is 24.1. The molecule has 3 aromatic rings. The van der Waals surface area contributed by atoms with Crippen molar-refractivity contribution >= 4 is 17.7 Å². The van der Waals surface area contributed by atoms with Crippen LogP contribution in [0.15, 0.2) is 91.0 Å². The zero-order valence-electron chi connectivity index (χ0n) is 19.0. The number of amides is 1. The normalized spacial score (nSPS) is 10.6. The van der Waals surface area contributed by atoms with Crippen molar-refractivity contribution in [3.63, 3.8) is 0 Å². The van der Waals surface area contributed by atoms with Crippen LogP contribution in [0.3, 0.4) is 0 Å². The Balaban J connectivity index is 1.63. The molecule has 172 valence electrons. The summed E-state index contributed by atoms with van der Waals surface area (Å²) in [4.78, 5) is 12.4. The molecule has 0 unspecified atom stereocenters. The summed E-state index contributed by atoms with van der Waals surface area (Å²) in [5.41, 5.74) is 2.30. The number of nitriles is 1. The average molecular weight is 455 g/mol. The van der Waals surface area contributed by atoms with Crippen molar-refractivity contribution in [1.82, 2.24) is 0 Å². The third-order valence-corrected chi connectivity index (χ3v) is 4.83. The Kier molecular flexibility index (Phi) is 8.89. The Morgan fingerprint density at radius 1 is 0.971 bits per heavy atom. The summed E-state index contributed by atoms with van der Waals surface area (Å²) >= 11 is 0. The van der Waals surface area contributed by atoms with E-state index in [1.54, 1.807) is 42.5 Å². The SMILES string of the molecule is C=CCc1ccccc1OCCOc1ccc(C=C(C#N)C(=O)Nc2ccccc2)cc1OC. The number of hydrogen-bond donors (Lipinski definition) is 1. The topological polar surface area (TPSA) is 80.6 Å². The van der Waals surface area contributed by atoms with E-state index in [1.807, 2.05) is 42.5 Å². The van der Waals surface area contributed by atoms with Gasteiger partial charge in [-0.05, 0) is 54.0 Å². The van der Waals surface area contributed by atoms with Gasteiger partial charge in [-0.1, -0.05) is 48.5 Å². The van der Waals surface area contributed by atoms with Gasteiger partial charge < -0.3 is 19.5 Å². The van der Waals surface area contributed by atoms with Crippen LogP contribution in [0, 0.1) is 11.3 Å². The Bertz CT molecular complexity index is 1200. The van der Waals surface area contributed by atoms with Gasteiger partial charge in [0.1, 0.15) is 30.6 Å². The van der Waals surface area contributed by atoms with Gasteiger partial charge in [0.15, 0.2) is 11.5 Å². The molecule has 0 heterocycles. The van der Waals surface area contributed by atoms with E-state index in [4.69, 9.17) is 14.2 Å². The van der Waals surface area contributed by atoms with E-state index in [0.717, 1.165) is 17.7 Å². The molecule has 0 aromatic heterocycles. The number of methoxy groups -OCH3 is 1. The molecule has 0 atom stereocenters. The monoisotopic (exact) mass is 454 g/mol. The van der Waals surface area contributed by atoms with Gasteiger partial charge in [-0.15, -0.1) is 6.58 Å². The van der Waals surface area contributed by atoms with Crippen LogP contribution in [0.5, 0.6) is 17.2 Å².